The standard InChI is InChI=1S/C18H34N2O3/c1-4-5-6-7-8-11-15(21)18(2,3)17(23)20-14-10-9-12-19-16(22)13-14/h14-15,21H,4-13H2,1-3H3,(H,19,22)(H,20,23)/t14-,15-/m0/s1. The summed E-state index contributed by atoms with van der Waals surface area (Å²) in [6.07, 6.45) is 7.66. The third-order valence-electron chi connectivity index (χ3n) is 4.82. The fourth-order valence-electron chi connectivity index (χ4n) is 2.92. The summed E-state index contributed by atoms with van der Waals surface area (Å²) < 4.78 is 0. The average Bonchev–Trinajstić information content (AvgIpc) is 2.70. The normalized spacial score (nSPS) is 20.5. The number of amides is 2. The molecule has 2 amide bonds. The monoisotopic (exact) mass is 326 g/mol. The summed E-state index contributed by atoms with van der Waals surface area (Å²) in [5, 5.41) is 16.2. The highest BCUT2D eigenvalue weighted by Gasteiger charge is 2.36. The zero-order valence-corrected chi connectivity index (χ0v) is 15.0. The molecule has 3 N–H and O–H groups in total. The van der Waals surface area contributed by atoms with Crippen LogP contribution >= 0.6 is 0 Å². The molecule has 0 aromatic carbocycles. The number of aliphatic hydroxyl groups excluding tert-OH is 1. The van der Waals surface area contributed by atoms with Crippen LogP contribution in [0.15, 0.2) is 0 Å². The molecular formula is C18H34N2O3. The number of aliphatic hydroxyl groups is 1. The quantitative estimate of drug-likeness (QED) is 0.570. The average molecular weight is 326 g/mol. The van der Waals surface area contributed by atoms with Crippen molar-refractivity contribution in [1.29, 1.82) is 0 Å². The van der Waals surface area contributed by atoms with Crippen LogP contribution in [0.4, 0.5) is 0 Å². The van der Waals surface area contributed by atoms with Crippen molar-refractivity contribution in [2.24, 2.45) is 5.41 Å². The van der Waals surface area contributed by atoms with Gasteiger partial charge >= 0.3 is 0 Å². The summed E-state index contributed by atoms with van der Waals surface area (Å²) in [6, 6.07) is -0.124. The predicted molar refractivity (Wildman–Crippen MR) is 92.0 cm³/mol. The molecular weight excluding hydrogens is 292 g/mol. The second-order valence-electron chi connectivity index (χ2n) is 7.31. The molecule has 5 heteroatoms. The van der Waals surface area contributed by atoms with Gasteiger partial charge in [-0.1, -0.05) is 39.0 Å². The van der Waals surface area contributed by atoms with Gasteiger partial charge in [0.25, 0.3) is 0 Å². The fraction of sp³-hybridized carbons (Fsp3) is 0.889. The van der Waals surface area contributed by atoms with E-state index in [0.717, 1.165) is 25.7 Å². The van der Waals surface area contributed by atoms with Crippen molar-refractivity contribution in [2.45, 2.75) is 90.7 Å². The molecule has 0 spiro atoms. The topological polar surface area (TPSA) is 78.4 Å². The lowest BCUT2D eigenvalue weighted by Crippen LogP contribution is -2.48. The molecule has 23 heavy (non-hydrogen) atoms. The highest BCUT2D eigenvalue weighted by Crippen LogP contribution is 2.26. The second kappa shape index (κ2) is 9.91. The summed E-state index contributed by atoms with van der Waals surface area (Å²) in [5.41, 5.74) is -0.826. The maximum atomic E-state index is 12.5. The third kappa shape index (κ3) is 6.90. The Morgan fingerprint density at radius 3 is 2.74 bits per heavy atom. The molecule has 0 aliphatic carbocycles. The number of carbonyl (C=O) groups is 2. The molecule has 1 aliphatic rings. The van der Waals surface area contributed by atoms with E-state index in [-0.39, 0.29) is 17.9 Å². The summed E-state index contributed by atoms with van der Waals surface area (Å²) >= 11 is 0. The summed E-state index contributed by atoms with van der Waals surface area (Å²) in [5.74, 6) is -0.166. The van der Waals surface area contributed by atoms with E-state index in [1.807, 2.05) is 0 Å². The van der Waals surface area contributed by atoms with Crippen molar-refractivity contribution >= 4 is 11.8 Å². The Hall–Kier alpha value is -1.10. The Bertz CT molecular complexity index is 382. The number of hydrogen-bond donors (Lipinski definition) is 3. The van der Waals surface area contributed by atoms with Gasteiger partial charge in [0, 0.05) is 19.0 Å². The van der Waals surface area contributed by atoms with Crippen LogP contribution in [0, 0.1) is 5.41 Å². The third-order valence-corrected chi connectivity index (χ3v) is 4.82. The molecule has 0 aromatic heterocycles. The fourth-order valence-corrected chi connectivity index (χ4v) is 2.92. The van der Waals surface area contributed by atoms with Crippen LogP contribution < -0.4 is 10.6 Å². The van der Waals surface area contributed by atoms with Crippen LogP contribution in [0.25, 0.3) is 0 Å². The molecule has 5 nitrogen and oxygen atoms in total. The SMILES string of the molecule is CCCCCCC[C@H](O)C(C)(C)C(=O)N[C@H]1CCCNC(=O)C1. The Labute approximate surface area is 140 Å². The number of nitrogens with one attached hydrogen (secondary N) is 2. The van der Waals surface area contributed by atoms with Crippen LogP contribution in [-0.4, -0.2) is 35.6 Å². The maximum Gasteiger partial charge on any atom is 0.228 e. The second-order valence-corrected chi connectivity index (χ2v) is 7.31. The van der Waals surface area contributed by atoms with Gasteiger partial charge in [-0.15, -0.1) is 0 Å². The molecule has 134 valence electrons. The van der Waals surface area contributed by atoms with Crippen LogP contribution in [-0.2, 0) is 9.59 Å². The van der Waals surface area contributed by atoms with Gasteiger partial charge in [0.2, 0.25) is 11.8 Å². The minimum Gasteiger partial charge on any atom is -0.392 e. The summed E-state index contributed by atoms with van der Waals surface area (Å²) in [7, 11) is 0. The lowest BCUT2D eigenvalue weighted by atomic mass is 9.82. The van der Waals surface area contributed by atoms with Crippen LogP contribution in [0.2, 0.25) is 0 Å². The van der Waals surface area contributed by atoms with Crippen LogP contribution in [0.1, 0.15) is 78.6 Å². The smallest absolute Gasteiger partial charge is 0.228 e. The van der Waals surface area contributed by atoms with Gasteiger partial charge in [-0.3, -0.25) is 9.59 Å². The van der Waals surface area contributed by atoms with Gasteiger partial charge in [0.15, 0.2) is 0 Å². The van der Waals surface area contributed by atoms with Crippen molar-refractivity contribution in [3.63, 3.8) is 0 Å². The first kappa shape index (κ1) is 19.9. The Morgan fingerprint density at radius 1 is 1.35 bits per heavy atom. The molecule has 1 aliphatic heterocycles. The van der Waals surface area contributed by atoms with Gasteiger partial charge < -0.3 is 15.7 Å². The summed E-state index contributed by atoms with van der Waals surface area (Å²) in [4.78, 5) is 24.1. The summed E-state index contributed by atoms with van der Waals surface area (Å²) in [6.45, 7) is 6.43. The van der Waals surface area contributed by atoms with Gasteiger partial charge in [-0.25, -0.2) is 0 Å². The van der Waals surface area contributed by atoms with Crippen molar-refractivity contribution in [3.05, 3.63) is 0 Å². The van der Waals surface area contributed by atoms with Crippen molar-refractivity contribution in [2.75, 3.05) is 6.54 Å². The minimum absolute atomic E-state index is 0.0120. The molecule has 0 bridgehead atoms. The zero-order valence-electron chi connectivity index (χ0n) is 15.0. The molecule has 0 aromatic rings. The largest absolute Gasteiger partial charge is 0.392 e. The van der Waals surface area contributed by atoms with Crippen molar-refractivity contribution < 1.29 is 14.7 Å². The number of rotatable bonds is 9. The van der Waals surface area contributed by atoms with E-state index < -0.39 is 11.5 Å². The van der Waals surface area contributed by atoms with E-state index in [4.69, 9.17) is 0 Å². The first-order valence-electron chi connectivity index (χ1n) is 9.13. The molecule has 0 radical (unpaired) electrons. The van der Waals surface area contributed by atoms with Crippen LogP contribution in [0.5, 0.6) is 0 Å². The first-order valence-corrected chi connectivity index (χ1v) is 9.13. The lowest BCUT2D eigenvalue weighted by Gasteiger charge is -2.31. The van der Waals surface area contributed by atoms with Gasteiger partial charge in [0.05, 0.1) is 11.5 Å². The minimum atomic E-state index is -0.826. The molecule has 1 fully saturated rings. The van der Waals surface area contributed by atoms with Crippen molar-refractivity contribution in [1.82, 2.24) is 10.6 Å². The maximum absolute atomic E-state index is 12.5. The van der Waals surface area contributed by atoms with E-state index in [1.165, 1.54) is 19.3 Å². The van der Waals surface area contributed by atoms with Crippen LogP contribution in [0.3, 0.4) is 0 Å². The lowest BCUT2D eigenvalue weighted by molar-refractivity contribution is -0.136. The zero-order chi connectivity index (χ0) is 17.3. The van der Waals surface area contributed by atoms with E-state index >= 15 is 0 Å². The Balaban J connectivity index is 2.43. The van der Waals surface area contributed by atoms with E-state index in [9.17, 15) is 14.7 Å². The Kier molecular flexibility index (Phi) is 8.59. The Morgan fingerprint density at radius 2 is 2.04 bits per heavy atom. The first-order chi connectivity index (χ1) is 10.9. The molecule has 0 saturated carbocycles. The number of carbonyl (C=O) groups excluding carboxylic acids is 2. The van der Waals surface area contributed by atoms with E-state index in [0.29, 0.717) is 19.4 Å². The highest BCUT2D eigenvalue weighted by atomic mass is 16.3. The number of unbranched alkanes of at least 4 members (excludes halogenated alkanes) is 4. The molecule has 1 heterocycles. The van der Waals surface area contributed by atoms with Gasteiger partial charge in [-0.05, 0) is 33.1 Å². The van der Waals surface area contributed by atoms with E-state index in [1.54, 1.807) is 13.8 Å². The van der Waals surface area contributed by atoms with E-state index in [2.05, 4.69) is 17.6 Å². The predicted octanol–water partition coefficient (Wildman–Crippen LogP) is 2.52. The van der Waals surface area contributed by atoms with Gasteiger partial charge in [-0.2, -0.15) is 0 Å². The number of hydrogen-bond acceptors (Lipinski definition) is 3. The van der Waals surface area contributed by atoms with Gasteiger partial charge in [0.1, 0.15) is 0 Å². The highest BCUT2D eigenvalue weighted by molar-refractivity contribution is 5.84. The molecule has 1 saturated heterocycles. The molecule has 2 atom stereocenters. The molecule has 0 unspecified atom stereocenters. The van der Waals surface area contributed by atoms with Crippen molar-refractivity contribution in [3.8, 4) is 0 Å². The molecule has 1 rings (SSSR count).